The first kappa shape index (κ1) is 12.0. The van der Waals surface area contributed by atoms with Crippen LogP contribution in [0.5, 0.6) is 0 Å². The Morgan fingerprint density at radius 1 is 1.17 bits per heavy atom. The quantitative estimate of drug-likeness (QED) is 0.673. The van der Waals surface area contributed by atoms with Gasteiger partial charge in [0, 0.05) is 6.04 Å². The van der Waals surface area contributed by atoms with Gasteiger partial charge in [0.25, 0.3) is 0 Å². The molecular weight excluding hydrogens is 146 g/mol. The van der Waals surface area contributed by atoms with Crippen molar-refractivity contribution in [3.05, 3.63) is 0 Å². The molecule has 0 bridgehead atoms. The molecule has 0 aromatic rings. The van der Waals surface area contributed by atoms with Crippen molar-refractivity contribution in [2.75, 3.05) is 6.54 Å². The molecule has 2 atom stereocenters. The van der Waals surface area contributed by atoms with Crippen molar-refractivity contribution in [3.63, 3.8) is 0 Å². The largest absolute Gasteiger partial charge is 0.314 e. The van der Waals surface area contributed by atoms with Gasteiger partial charge in [0.05, 0.1) is 0 Å². The fraction of sp³-hybridized carbons (Fsp3) is 1.00. The summed E-state index contributed by atoms with van der Waals surface area (Å²) in [6.45, 7) is 9.70. The first-order valence-electron chi connectivity index (χ1n) is 5.58. The van der Waals surface area contributed by atoms with Crippen LogP contribution in [0.15, 0.2) is 0 Å². The normalized spacial score (nSPS) is 29.0. The molecule has 0 spiro atoms. The van der Waals surface area contributed by atoms with Gasteiger partial charge in [-0.2, -0.15) is 0 Å². The third kappa shape index (κ3) is 4.10. The van der Waals surface area contributed by atoms with Gasteiger partial charge in [-0.25, -0.2) is 0 Å². The van der Waals surface area contributed by atoms with Crippen molar-refractivity contribution in [2.24, 2.45) is 5.92 Å². The van der Waals surface area contributed by atoms with Gasteiger partial charge in [-0.15, -0.1) is 0 Å². The van der Waals surface area contributed by atoms with Crippen LogP contribution in [0.4, 0.5) is 0 Å². The first-order valence-corrected chi connectivity index (χ1v) is 5.58. The van der Waals surface area contributed by atoms with Crippen LogP contribution >= 0.6 is 0 Å². The molecule has 1 aliphatic rings. The van der Waals surface area contributed by atoms with Gasteiger partial charge in [-0.3, -0.25) is 0 Å². The van der Waals surface area contributed by atoms with E-state index in [4.69, 9.17) is 0 Å². The molecule has 74 valence electrons. The van der Waals surface area contributed by atoms with Crippen molar-refractivity contribution in [2.45, 2.75) is 59.4 Å². The van der Waals surface area contributed by atoms with Crippen LogP contribution in [0.3, 0.4) is 0 Å². The molecule has 0 aromatic carbocycles. The molecule has 1 rings (SSSR count). The average molecular weight is 171 g/mol. The summed E-state index contributed by atoms with van der Waals surface area (Å²) >= 11 is 0. The second-order valence-corrected chi connectivity index (χ2v) is 3.43. The van der Waals surface area contributed by atoms with Gasteiger partial charge in [0.2, 0.25) is 0 Å². The highest BCUT2D eigenvalue weighted by molar-refractivity contribution is 4.77. The van der Waals surface area contributed by atoms with Crippen LogP contribution < -0.4 is 5.32 Å². The van der Waals surface area contributed by atoms with Crippen LogP contribution in [-0.2, 0) is 0 Å². The third-order valence-corrected chi connectivity index (χ3v) is 2.58. The molecule has 0 aromatic heterocycles. The molecule has 0 aliphatic heterocycles. The van der Waals surface area contributed by atoms with Crippen LogP contribution in [0.2, 0.25) is 0 Å². The molecule has 1 saturated carbocycles. The molecule has 1 fully saturated rings. The maximum absolute atomic E-state index is 3.53. The van der Waals surface area contributed by atoms with E-state index in [1.54, 1.807) is 0 Å². The van der Waals surface area contributed by atoms with E-state index >= 15 is 0 Å². The van der Waals surface area contributed by atoms with Gasteiger partial charge >= 0.3 is 0 Å². The zero-order chi connectivity index (χ0) is 9.40. The minimum atomic E-state index is 0.818. The summed E-state index contributed by atoms with van der Waals surface area (Å²) in [5, 5.41) is 3.53. The Balaban J connectivity index is 0.000000561. The van der Waals surface area contributed by atoms with Crippen LogP contribution in [0.25, 0.3) is 0 Å². The Kier molecular flexibility index (Phi) is 7.58. The fourth-order valence-electron chi connectivity index (χ4n) is 1.88. The van der Waals surface area contributed by atoms with Gasteiger partial charge < -0.3 is 5.32 Å². The minimum absolute atomic E-state index is 0.818. The molecular formula is C11H25N. The van der Waals surface area contributed by atoms with E-state index in [0.29, 0.717) is 0 Å². The van der Waals surface area contributed by atoms with E-state index in [1.807, 2.05) is 13.8 Å². The molecule has 1 heteroatoms. The third-order valence-electron chi connectivity index (χ3n) is 2.58. The van der Waals surface area contributed by atoms with Crippen LogP contribution in [0.1, 0.15) is 53.4 Å². The molecule has 12 heavy (non-hydrogen) atoms. The Labute approximate surface area is 77.9 Å². The topological polar surface area (TPSA) is 12.0 Å². The van der Waals surface area contributed by atoms with Crippen LogP contribution in [0, 0.1) is 5.92 Å². The summed E-state index contributed by atoms with van der Waals surface area (Å²) in [4.78, 5) is 0. The van der Waals surface area contributed by atoms with Gasteiger partial charge in [0.1, 0.15) is 0 Å². The lowest BCUT2D eigenvalue weighted by molar-refractivity contribution is 0.285. The zero-order valence-corrected chi connectivity index (χ0v) is 9.19. The fourth-order valence-corrected chi connectivity index (χ4v) is 1.88. The zero-order valence-electron chi connectivity index (χ0n) is 9.19. The summed E-state index contributed by atoms with van der Waals surface area (Å²) < 4.78 is 0. The smallest absolute Gasteiger partial charge is 0.00925 e. The maximum Gasteiger partial charge on any atom is 0.00925 e. The Morgan fingerprint density at radius 3 is 2.25 bits per heavy atom. The molecule has 0 saturated heterocycles. The van der Waals surface area contributed by atoms with E-state index in [-0.39, 0.29) is 0 Å². The Hall–Kier alpha value is -0.0400. The number of hydrogen-bond acceptors (Lipinski definition) is 1. The van der Waals surface area contributed by atoms with Gasteiger partial charge in [-0.05, 0) is 25.3 Å². The standard InChI is InChI=1S/C9H19N.C2H6/c1-3-10-9-7-5-4-6-8(9)2;1-2/h8-10H,3-7H2,1-2H3;1-2H3. The number of hydrogen-bond donors (Lipinski definition) is 1. The molecule has 1 N–H and O–H groups in total. The van der Waals surface area contributed by atoms with E-state index in [1.165, 1.54) is 25.7 Å². The molecule has 2 unspecified atom stereocenters. The number of nitrogens with one attached hydrogen (secondary N) is 1. The average Bonchev–Trinajstić information content (AvgIpc) is 2.13. The van der Waals surface area contributed by atoms with E-state index in [0.717, 1.165) is 18.5 Å². The molecule has 1 aliphatic carbocycles. The van der Waals surface area contributed by atoms with Crippen molar-refractivity contribution in [3.8, 4) is 0 Å². The lowest BCUT2D eigenvalue weighted by Gasteiger charge is -2.29. The monoisotopic (exact) mass is 171 g/mol. The van der Waals surface area contributed by atoms with Crippen molar-refractivity contribution < 1.29 is 0 Å². The van der Waals surface area contributed by atoms with E-state index in [9.17, 15) is 0 Å². The minimum Gasteiger partial charge on any atom is -0.314 e. The highest BCUT2D eigenvalue weighted by Gasteiger charge is 2.19. The number of rotatable bonds is 2. The summed E-state index contributed by atoms with van der Waals surface area (Å²) in [7, 11) is 0. The highest BCUT2D eigenvalue weighted by atomic mass is 14.9. The molecule has 1 nitrogen and oxygen atoms in total. The first-order chi connectivity index (χ1) is 5.84. The van der Waals surface area contributed by atoms with Crippen molar-refractivity contribution in [1.82, 2.24) is 5.32 Å². The lowest BCUT2D eigenvalue weighted by Crippen LogP contribution is -2.36. The lowest BCUT2D eigenvalue weighted by atomic mass is 9.86. The second-order valence-electron chi connectivity index (χ2n) is 3.43. The summed E-state index contributed by atoms with van der Waals surface area (Å²) in [6, 6.07) is 0.818. The molecule has 0 radical (unpaired) electrons. The summed E-state index contributed by atoms with van der Waals surface area (Å²) in [6.07, 6.45) is 5.71. The molecule has 0 amide bonds. The summed E-state index contributed by atoms with van der Waals surface area (Å²) in [5.74, 6) is 0.911. The Morgan fingerprint density at radius 2 is 1.75 bits per heavy atom. The van der Waals surface area contributed by atoms with Crippen molar-refractivity contribution >= 4 is 0 Å². The summed E-state index contributed by atoms with van der Waals surface area (Å²) in [5.41, 5.74) is 0. The van der Waals surface area contributed by atoms with Crippen molar-refractivity contribution in [1.29, 1.82) is 0 Å². The second kappa shape index (κ2) is 7.60. The van der Waals surface area contributed by atoms with E-state index in [2.05, 4.69) is 19.2 Å². The SMILES string of the molecule is CC.CCNC1CCCCC1C. The van der Waals surface area contributed by atoms with Crippen LogP contribution in [-0.4, -0.2) is 12.6 Å². The van der Waals surface area contributed by atoms with Gasteiger partial charge in [0.15, 0.2) is 0 Å². The van der Waals surface area contributed by atoms with E-state index < -0.39 is 0 Å². The Bertz CT molecular complexity index is 89.0. The highest BCUT2D eigenvalue weighted by Crippen LogP contribution is 2.23. The predicted molar refractivity (Wildman–Crippen MR) is 56.4 cm³/mol. The predicted octanol–water partition coefficient (Wildman–Crippen LogP) is 3.20. The van der Waals surface area contributed by atoms with Gasteiger partial charge in [-0.1, -0.05) is 40.5 Å². The molecule has 0 heterocycles. The maximum atomic E-state index is 3.53.